The highest BCUT2D eigenvalue weighted by molar-refractivity contribution is 5.73. The van der Waals surface area contributed by atoms with E-state index in [4.69, 9.17) is 19.2 Å². The Bertz CT molecular complexity index is 1420. The fraction of sp³-hybridized carbons (Fsp3) is 0.269. The van der Waals surface area contributed by atoms with Crippen LogP contribution in [0.15, 0.2) is 55.1 Å². The number of aromatic nitrogens is 4. The van der Waals surface area contributed by atoms with Crippen LogP contribution in [0.25, 0.3) is 5.69 Å². The van der Waals surface area contributed by atoms with Crippen molar-refractivity contribution in [3.63, 3.8) is 0 Å². The number of hydrogen-bond acceptors (Lipinski definition) is 8. The second-order valence-electron chi connectivity index (χ2n) is 8.74. The number of aryl methyl sites for hydroxylation is 1. The van der Waals surface area contributed by atoms with Crippen molar-refractivity contribution in [2.75, 3.05) is 30.5 Å². The number of anilines is 4. The van der Waals surface area contributed by atoms with E-state index in [0.717, 1.165) is 35.6 Å². The van der Waals surface area contributed by atoms with E-state index in [1.54, 1.807) is 25.7 Å². The van der Waals surface area contributed by atoms with Crippen LogP contribution in [0.1, 0.15) is 18.5 Å². The molecule has 1 aliphatic carbocycles. The maximum absolute atomic E-state index is 14.0. The number of halogens is 1. The molecule has 1 saturated carbocycles. The first-order valence-electron chi connectivity index (χ1n) is 11.8. The molecule has 0 radical (unpaired) electrons. The summed E-state index contributed by atoms with van der Waals surface area (Å²) in [4.78, 5) is 15.4. The monoisotopic (exact) mass is 488 g/mol. The molecule has 0 spiro atoms. The summed E-state index contributed by atoms with van der Waals surface area (Å²) in [6.45, 7) is 2.94. The first-order valence-corrected chi connectivity index (χ1v) is 11.8. The molecule has 1 fully saturated rings. The van der Waals surface area contributed by atoms with Gasteiger partial charge in [0, 0.05) is 24.0 Å². The number of nitrogens with one attached hydrogen (secondary N) is 1. The second-order valence-corrected chi connectivity index (χ2v) is 8.74. The topological polar surface area (TPSA) is 86.6 Å². The molecule has 0 unspecified atom stereocenters. The van der Waals surface area contributed by atoms with Crippen LogP contribution in [0.5, 0.6) is 17.2 Å². The van der Waals surface area contributed by atoms with Gasteiger partial charge in [-0.2, -0.15) is 4.98 Å². The SMILES string of the molecule is COc1cc(Nc2ncc3c(n2)N(c2ccc(F)cc2OC2CC2)CCO3)ccc1-n1cnc(C)c1. The molecule has 2 aromatic carbocycles. The molecule has 4 aromatic rings. The first-order chi connectivity index (χ1) is 17.6. The molecule has 2 aromatic heterocycles. The van der Waals surface area contributed by atoms with E-state index in [2.05, 4.69) is 15.3 Å². The van der Waals surface area contributed by atoms with Crippen molar-refractivity contribution in [1.29, 1.82) is 0 Å². The third-order valence-electron chi connectivity index (χ3n) is 6.02. The summed E-state index contributed by atoms with van der Waals surface area (Å²) in [6.07, 6.45) is 7.42. The molecule has 2 aliphatic rings. The van der Waals surface area contributed by atoms with Crippen LogP contribution in [0.3, 0.4) is 0 Å². The minimum atomic E-state index is -0.337. The Balaban J connectivity index is 1.30. The van der Waals surface area contributed by atoms with Crippen molar-refractivity contribution >= 4 is 23.1 Å². The third kappa shape index (κ3) is 4.37. The zero-order valence-electron chi connectivity index (χ0n) is 19.9. The third-order valence-corrected chi connectivity index (χ3v) is 6.02. The molecule has 184 valence electrons. The molecule has 10 heteroatoms. The average molecular weight is 489 g/mol. The van der Waals surface area contributed by atoms with Crippen molar-refractivity contribution in [2.24, 2.45) is 0 Å². The van der Waals surface area contributed by atoms with Crippen LogP contribution in [0.4, 0.5) is 27.5 Å². The molecule has 36 heavy (non-hydrogen) atoms. The number of hydrogen-bond donors (Lipinski definition) is 1. The Morgan fingerprint density at radius 3 is 2.72 bits per heavy atom. The quantitative estimate of drug-likeness (QED) is 0.392. The molecule has 1 aliphatic heterocycles. The highest BCUT2D eigenvalue weighted by Crippen LogP contribution is 2.42. The van der Waals surface area contributed by atoms with E-state index < -0.39 is 0 Å². The van der Waals surface area contributed by atoms with Crippen molar-refractivity contribution in [3.05, 3.63) is 66.6 Å². The minimum absolute atomic E-state index is 0.137. The Hall–Kier alpha value is -4.34. The van der Waals surface area contributed by atoms with E-state index in [0.29, 0.717) is 42.2 Å². The normalized spacial score (nSPS) is 14.7. The number of ether oxygens (including phenoxy) is 3. The minimum Gasteiger partial charge on any atom is -0.494 e. The molecule has 0 amide bonds. The lowest BCUT2D eigenvalue weighted by Crippen LogP contribution is -2.30. The van der Waals surface area contributed by atoms with Gasteiger partial charge >= 0.3 is 0 Å². The summed E-state index contributed by atoms with van der Waals surface area (Å²) in [5, 5.41) is 3.25. The Kier molecular flexibility index (Phi) is 5.55. The van der Waals surface area contributed by atoms with Gasteiger partial charge in [0.2, 0.25) is 5.95 Å². The fourth-order valence-corrected chi connectivity index (χ4v) is 4.13. The lowest BCUT2D eigenvalue weighted by molar-refractivity contribution is 0.296. The Morgan fingerprint density at radius 1 is 1.08 bits per heavy atom. The molecule has 1 N–H and O–H groups in total. The summed E-state index contributed by atoms with van der Waals surface area (Å²) in [5.74, 6) is 2.38. The van der Waals surface area contributed by atoms with Crippen molar-refractivity contribution < 1.29 is 18.6 Å². The number of imidazole rings is 1. The molecule has 9 nitrogen and oxygen atoms in total. The van der Waals surface area contributed by atoms with Gasteiger partial charge in [0.1, 0.15) is 23.9 Å². The van der Waals surface area contributed by atoms with E-state index in [1.807, 2.05) is 40.8 Å². The maximum atomic E-state index is 14.0. The first kappa shape index (κ1) is 22.1. The predicted molar refractivity (Wildman–Crippen MR) is 133 cm³/mol. The summed E-state index contributed by atoms with van der Waals surface area (Å²) >= 11 is 0. The molecule has 3 heterocycles. The number of methoxy groups -OCH3 is 1. The van der Waals surface area contributed by atoms with Gasteiger partial charge in [0.15, 0.2) is 11.6 Å². The molecule has 0 saturated heterocycles. The Morgan fingerprint density at radius 2 is 1.94 bits per heavy atom. The van der Waals surface area contributed by atoms with Crippen LogP contribution in [0.2, 0.25) is 0 Å². The molecule has 6 rings (SSSR count). The predicted octanol–water partition coefficient (Wildman–Crippen LogP) is 4.93. The van der Waals surface area contributed by atoms with Crippen molar-refractivity contribution in [2.45, 2.75) is 25.9 Å². The molecular formula is C26H25FN6O3. The van der Waals surface area contributed by atoms with Crippen LogP contribution >= 0.6 is 0 Å². The smallest absolute Gasteiger partial charge is 0.229 e. The summed E-state index contributed by atoms with van der Waals surface area (Å²) in [6, 6.07) is 10.3. The van der Waals surface area contributed by atoms with Gasteiger partial charge < -0.3 is 29.0 Å². The highest BCUT2D eigenvalue weighted by atomic mass is 19.1. The molecular weight excluding hydrogens is 463 g/mol. The fourth-order valence-electron chi connectivity index (χ4n) is 4.13. The summed E-state index contributed by atoms with van der Waals surface area (Å²) in [7, 11) is 1.63. The number of fused-ring (bicyclic) bond motifs is 1. The van der Waals surface area contributed by atoms with E-state index in [1.165, 1.54) is 12.1 Å². The second kappa shape index (κ2) is 9.03. The molecule has 0 bridgehead atoms. The lowest BCUT2D eigenvalue weighted by Gasteiger charge is -2.31. The van der Waals surface area contributed by atoms with Crippen LogP contribution in [-0.2, 0) is 0 Å². The van der Waals surface area contributed by atoms with Gasteiger partial charge in [0.05, 0.1) is 49.4 Å². The summed E-state index contributed by atoms with van der Waals surface area (Å²) < 4.78 is 33.3. The zero-order chi connectivity index (χ0) is 24.6. The highest BCUT2D eigenvalue weighted by Gasteiger charge is 2.29. The maximum Gasteiger partial charge on any atom is 0.229 e. The van der Waals surface area contributed by atoms with Gasteiger partial charge in [-0.1, -0.05) is 0 Å². The average Bonchev–Trinajstić information content (AvgIpc) is 3.60. The van der Waals surface area contributed by atoms with Crippen molar-refractivity contribution in [1.82, 2.24) is 19.5 Å². The van der Waals surface area contributed by atoms with E-state index in [-0.39, 0.29) is 11.9 Å². The Labute approximate surface area is 207 Å². The summed E-state index contributed by atoms with van der Waals surface area (Å²) in [5.41, 5.74) is 3.30. The van der Waals surface area contributed by atoms with Crippen LogP contribution in [-0.4, -0.2) is 45.9 Å². The van der Waals surface area contributed by atoms with E-state index >= 15 is 0 Å². The standard InChI is InChI=1S/C26H25FN6O3/c1-16-14-32(15-29-16)20-8-4-18(12-22(20)34-2)30-26-28-13-24-25(31-26)33(9-10-35-24)21-7-3-17(27)11-23(21)36-19-5-6-19/h3-4,7-8,11-15,19H,5-6,9-10H2,1-2H3,(H,28,30,31). The largest absolute Gasteiger partial charge is 0.494 e. The van der Waals surface area contributed by atoms with Gasteiger partial charge in [-0.3, -0.25) is 0 Å². The number of rotatable bonds is 7. The lowest BCUT2D eigenvalue weighted by atomic mass is 10.2. The van der Waals surface area contributed by atoms with Crippen molar-refractivity contribution in [3.8, 4) is 22.9 Å². The van der Waals surface area contributed by atoms with Gasteiger partial charge in [-0.25, -0.2) is 14.4 Å². The number of nitrogens with zero attached hydrogens (tertiary/aromatic N) is 5. The zero-order valence-corrected chi connectivity index (χ0v) is 19.9. The molecule has 0 atom stereocenters. The van der Waals surface area contributed by atoms with E-state index in [9.17, 15) is 4.39 Å². The van der Waals surface area contributed by atoms with Gasteiger partial charge in [-0.15, -0.1) is 0 Å². The number of benzene rings is 2. The van der Waals surface area contributed by atoms with Gasteiger partial charge in [0.25, 0.3) is 0 Å². The van der Waals surface area contributed by atoms with Crippen LogP contribution in [0, 0.1) is 12.7 Å². The van der Waals surface area contributed by atoms with Gasteiger partial charge in [-0.05, 0) is 44.0 Å². The van der Waals surface area contributed by atoms with Crippen LogP contribution < -0.4 is 24.4 Å².